The van der Waals surface area contributed by atoms with Gasteiger partial charge in [0.15, 0.2) is 5.82 Å². The summed E-state index contributed by atoms with van der Waals surface area (Å²) < 4.78 is 14.9. The Morgan fingerprint density at radius 1 is 1.25 bits per heavy atom. The summed E-state index contributed by atoms with van der Waals surface area (Å²) in [4.78, 5) is 24.6. The second-order valence-corrected chi connectivity index (χ2v) is 5.32. The normalized spacial score (nSPS) is 10.6. The van der Waals surface area contributed by atoms with E-state index in [1.165, 1.54) is 12.1 Å². The van der Waals surface area contributed by atoms with Gasteiger partial charge in [-0.1, -0.05) is 11.6 Å². The number of nitrogens with zero attached hydrogens (tertiary/aromatic N) is 4. The molecule has 0 atom stereocenters. The van der Waals surface area contributed by atoms with Crippen LogP contribution < -0.4 is 5.32 Å². The van der Waals surface area contributed by atoms with Crippen LogP contribution in [-0.4, -0.2) is 32.0 Å². The fourth-order valence-electron chi connectivity index (χ4n) is 2.20. The number of benzene rings is 1. The SMILES string of the molecule is O=C(NCCn1ccnc1-c1cnccn1)c1ccc(F)cc1Cl. The van der Waals surface area contributed by atoms with Crippen LogP contribution in [0.4, 0.5) is 4.39 Å². The van der Waals surface area contributed by atoms with Crippen LogP contribution in [0.5, 0.6) is 0 Å². The average molecular weight is 346 g/mol. The van der Waals surface area contributed by atoms with E-state index in [2.05, 4.69) is 20.3 Å². The predicted octanol–water partition coefficient (Wildman–Crippen LogP) is 2.56. The number of aromatic nitrogens is 4. The number of halogens is 2. The molecule has 8 heteroatoms. The molecule has 1 N–H and O–H groups in total. The molecule has 122 valence electrons. The Kier molecular flexibility index (Phi) is 4.81. The zero-order valence-corrected chi connectivity index (χ0v) is 13.2. The quantitative estimate of drug-likeness (QED) is 0.771. The number of amides is 1. The summed E-state index contributed by atoms with van der Waals surface area (Å²) in [6, 6.07) is 3.66. The third kappa shape index (κ3) is 3.57. The van der Waals surface area contributed by atoms with Gasteiger partial charge in [0.05, 0.1) is 16.8 Å². The Bertz CT molecular complexity index is 853. The van der Waals surface area contributed by atoms with Crippen molar-refractivity contribution in [1.29, 1.82) is 0 Å². The highest BCUT2D eigenvalue weighted by Gasteiger charge is 2.11. The molecule has 2 aromatic heterocycles. The lowest BCUT2D eigenvalue weighted by Crippen LogP contribution is -2.27. The van der Waals surface area contributed by atoms with Gasteiger partial charge >= 0.3 is 0 Å². The van der Waals surface area contributed by atoms with Crippen molar-refractivity contribution in [2.24, 2.45) is 0 Å². The minimum Gasteiger partial charge on any atom is -0.350 e. The maximum absolute atomic E-state index is 13.0. The first-order chi connectivity index (χ1) is 11.6. The van der Waals surface area contributed by atoms with E-state index in [1.54, 1.807) is 31.0 Å². The molecule has 3 rings (SSSR count). The van der Waals surface area contributed by atoms with Crippen molar-refractivity contribution in [3.8, 4) is 11.5 Å². The van der Waals surface area contributed by atoms with Gasteiger partial charge in [-0.15, -0.1) is 0 Å². The number of carbonyl (C=O) groups excluding carboxylic acids is 1. The van der Waals surface area contributed by atoms with E-state index in [9.17, 15) is 9.18 Å². The van der Waals surface area contributed by atoms with Crippen molar-refractivity contribution in [1.82, 2.24) is 24.8 Å². The second kappa shape index (κ2) is 7.18. The molecule has 0 saturated carbocycles. The maximum atomic E-state index is 13.0. The maximum Gasteiger partial charge on any atom is 0.252 e. The Balaban J connectivity index is 1.63. The number of rotatable bonds is 5. The van der Waals surface area contributed by atoms with Gasteiger partial charge in [-0.05, 0) is 18.2 Å². The molecule has 0 aliphatic rings. The highest BCUT2D eigenvalue weighted by Crippen LogP contribution is 2.17. The molecule has 3 aromatic rings. The number of hydrogen-bond acceptors (Lipinski definition) is 4. The van der Waals surface area contributed by atoms with Crippen LogP contribution >= 0.6 is 11.6 Å². The van der Waals surface area contributed by atoms with Gasteiger partial charge in [0, 0.05) is 37.9 Å². The molecule has 0 saturated heterocycles. The predicted molar refractivity (Wildman–Crippen MR) is 87.0 cm³/mol. The summed E-state index contributed by atoms with van der Waals surface area (Å²) in [6.07, 6.45) is 8.25. The van der Waals surface area contributed by atoms with Gasteiger partial charge in [-0.25, -0.2) is 14.4 Å². The van der Waals surface area contributed by atoms with Crippen molar-refractivity contribution < 1.29 is 9.18 Å². The number of hydrogen-bond donors (Lipinski definition) is 1. The van der Waals surface area contributed by atoms with Gasteiger partial charge in [-0.2, -0.15) is 0 Å². The van der Waals surface area contributed by atoms with E-state index in [0.717, 1.165) is 6.07 Å². The second-order valence-electron chi connectivity index (χ2n) is 4.91. The molecule has 0 aliphatic heterocycles. The Morgan fingerprint density at radius 3 is 2.88 bits per heavy atom. The van der Waals surface area contributed by atoms with Crippen molar-refractivity contribution in [2.45, 2.75) is 6.54 Å². The molecular formula is C16H13ClFN5O. The summed E-state index contributed by atoms with van der Waals surface area (Å²) in [6.45, 7) is 0.854. The third-order valence-corrected chi connectivity index (χ3v) is 3.63. The van der Waals surface area contributed by atoms with E-state index < -0.39 is 5.82 Å². The largest absolute Gasteiger partial charge is 0.350 e. The summed E-state index contributed by atoms with van der Waals surface area (Å²) in [5.74, 6) is -0.179. The van der Waals surface area contributed by atoms with Crippen LogP contribution in [0, 0.1) is 5.82 Å². The molecule has 1 amide bonds. The zero-order chi connectivity index (χ0) is 16.9. The first-order valence-corrected chi connectivity index (χ1v) is 7.54. The lowest BCUT2D eigenvalue weighted by Gasteiger charge is -2.09. The van der Waals surface area contributed by atoms with Gasteiger partial charge < -0.3 is 9.88 Å². The van der Waals surface area contributed by atoms with Crippen molar-refractivity contribution in [2.75, 3.05) is 6.54 Å². The number of nitrogens with one attached hydrogen (secondary N) is 1. The van der Waals surface area contributed by atoms with Crippen LogP contribution in [0.15, 0.2) is 49.2 Å². The highest BCUT2D eigenvalue weighted by atomic mass is 35.5. The molecule has 0 bridgehead atoms. The molecular weight excluding hydrogens is 333 g/mol. The van der Waals surface area contributed by atoms with E-state index in [4.69, 9.17) is 11.6 Å². The lowest BCUT2D eigenvalue weighted by molar-refractivity contribution is 0.0952. The standard InChI is InChI=1S/C16H13ClFN5O/c17-13-9-11(18)1-2-12(13)16(24)22-6-8-23-7-5-21-15(23)14-10-19-3-4-20-14/h1-5,7,9-10H,6,8H2,(H,22,24). The van der Waals surface area contributed by atoms with E-state index >= 15 is 0 Å². The van der Waals surface area contributed by atoms with Crippen LogP contribution in [0.1, 0.15) is 10.4 Å². The van der Waals surface area contributed by atoms with Crippen LogP contribution in [0.25, 0.3) is 11.5 Å². The fraction of sp³-hybridized carbons (Fsp3) is 0.125. The van der Waals surface area contributed by atoms with Gasteiger partial charge in [-0.3, -0.25) is 9.78 Å². The first kappa shape index (κ1) is 16.1. The van der Waals surface area contributed by atoms with E-state index in [-0.39, 0.29) is 16.5 Å². The van der Waals surface area contributed by atoms with Crippen LogP contribution in [0.3, 0.4) is 0 Å². The van der Waals surface area contributed by atoms with Gasteiger partial charge in [0.2, 0.25) is 0 Å². The van der Waals surface area contributed by atoms with Crippen molar-refractivity contribution in [3.63, 3.8) is 0 Å². The Labute approximate surface area is 142 Å². The van der Waals surface area contributed by atoms with Crippen molar-refractivity contribution >= 4 is 17.5 Å². The summed E-state index contributed by atoms with van der Waals surface area (Å²) in [5.41, 5.74) is 0.883. The molecule has 0 unspecified atom stereocenters. The summed E-state index contributed by atoms with van der Waals surface area (Å²) in [7, 11) is 0. The highest BCUT2D eigenvalue weighted by molar-refractivity contribution is 6.33. The average Bonchev–Trinajstić information content (AvgIpc) is 3.04. The lowest BCUT2D eigenvalue weighted by atomic mass is 10.2. The Morgan fingerprint density at radius 2 is 2.12 bits per heavy atom. The minimum absolute atomic E-state index is 0.0791. The van der Waals surface area contributed by atoms with Crippen molar-refractivity contribution in [3.05, 3.63) is 65.6 Å². The monoisotopic (exact) mass is 345 g/mol. The number of imidazole rings is 1. The van der Waals surface area contributed by atoms with E-state index in [0.29, 0.717) is 24.6 Å². The molecule has 0 spiro atoms. The molecule has 2 heterocycles. The van der Waals surface area contributed by atoms with Crippen LogP contribution in [-0.2, 0) is 6.54 Å². The van der Waals surface area contributed by atoms with E-state index in [1.807, 2.05) is 4.57 Å². The molecule has 0 fully saturated rings. The zero-order valence-electron chi connectivity index (χ0n) is 12.5. The van der Waals surface area contributed by atoms with Crippen LogP contribution in [0.2, 0.25) is 5.02 Å². The third-order valence-electron chi connectivity index (χ3n) is 3.32. The molecule has 0 radical (unpaired) electrons. The minimum atomic E-state index is -0.483. The first-order valence-electron chi connectivity index (χ1n) is 7.16. The number of carbonyl (C=O) groups is 1. The molecule has 24 heavy (non-hydrogen) atoms. The molecule has 0 aliphatic carbocycles. The molecule has 1 aromatic carbocycles. The Hall–Kier alpha value is -2.80. The summed E-state index contributed by atoms with van der Waals surface area (Å²) in [5, 5.41) is 2.82. The smallest absolute Gasteiger partial charge is 0.252 e. The fourth-order valence-corrected chi connectivity index (χ4v) is 2.45. The summed E-state index contributed by atoms with van der Waals surface area (Å²) >= 11 is 5.88. The topological polar surface area (TPSA) is 72.7 Å². The van der Waals surface area contributed by atoms with Gasteiger partial charge in [0.1, 0.15) is 11.5 Å². The molecule has 6 nitrogen and oxygen atoms in total. The van der Waals surface area contributed by atoms with Gasteiger partial charge in [0.25, 0.3) is 5.91 Å².